The fourth-order valence-electron chi connectivity index (χ4n) is 2.80. The first-order valence-corrected chi connectivity index (χ1v) is 6.41. The molecule has 2 unspecified atom stereocenters. The molecular weight excluding hydrogens is 260 g/mol. The van der Waals surface area contributed by atoms with Gasteiger partial charge in [0, 0.05) is 24.7 Å². The maximum absolute atomic E-state index is 12.5. The first-order valence-electron chi connectivity index (χ1n) is 6.41. The third kappa shape index (κ3) is 1.80. The lowest BCUT2D eigenvalue weighted by Crippen LogP contribution is -2.53. The Morgan fingerprint density at radius 1 is 1.25 bits per heavy atom. The van der Waals surface area contributed by atoms with Crippen molar-refractivity contribution in [1.82, 2.24) is 10.2 Å². The smallest absolute Gasteiger partial charge is 0.257 e. The zero-order valence-electron chi connectivity index (χ0n) is 11.0. The molecule has 6 heteroatoms. The number of carbonyl (C=O) groups excluding carboxylic acids is 3. The van der Waals surface area contributed by atoms with Crippen LogP contribution in [0.15, 0.2) is 24.3 Å². The first kappa shape index (κ1) is 12.8. The SMILES string of the molecule is COC1c2ccccc2C(=O)N1C1CCC(=O)NC1=O. The van der Waals surface area contributed by atoms with Gasteiger partial charge < -0.3 is 4.74 Å². The second-order valence-electron chi connectivity index (χ2n) is 4.85. The lowest BCUT2D eigenvalue weighted by molar-refractivity contribution is -0.140. The van der Waals surface area contributed by atoms with E-state index < -0.39 is 18.2 Å². The zero-order valence-corrected chi connectivity index (χ0v) is 11.0. The summed E-state index contributed by atoms with van der Waals surface area (Å²) in [4.78, 5) is 37.1. The third-order valence-corrected chi connectivity index (χ3v) is 3.71. The maximum atomic E-state index is 12.5. The molecule has 0 spiro atoms. The number of benzene rings is 1. The molecule has 2 aliphatic heterocycles. The van der Waals surface area contributed by atoms with E-state index in [2.05, 4.69) is 5.32 Å². The summed E-state index contributed by atoms with van der Waals surface area (Å²) in [5.74, 6) is -0.976. The van der Waals surface area contributed by atoms with Crippen molar-refractivity contribution in [3.8, 4) is 0 Å². The van der Waals surface area contributed by atoms with Gasteiger partial charge in [-0.05, 0) is 12.5 Å². The van der Waals surface area contributed by atoms with Crippen LogP contribution in [0.5, 0.6) is 0 Å². The number of hydrogen-bond acceptors (Lipinski definition) is 4. The highest BCUT2D eigenvalue weighted by molar-refractivity contribution is 6.05. The van der Waals surface area contributed by atoms with E-state index in [1.807, 2.05) is 12.1 Å². The van der Waals surface area contributed by atoms with Crippen molar-refractivity contribution in [2.75, 3.05) is 7.11 Å². The zero-order chi connectivity index (χ0) is 14.3. The second kappa shape index (κ2) is 4.72. The number of methoxy groups -OCH3 is 1. The van der Waals surface area contributed by atoms with Gasteiger partial charge in [0.15, 0.2) is 6.23 Å². The number of piperidine rings is 1. The van der Waals surface area contributed by atoms with E-state index in [0.29, 0.717) is 12.0 Å². The number of fused-ring (bicyclic) bond motifs is 1. The number of rotatable bonds is 2. The summed E-state index contributed by atoms with van der Waals surface area (Å²) in [5, 5.41) is 2.27. The van der Waals surface area contributed by atoms with Crippen LogP contribution in [0.2, 0.25) is 0 Å². The summed E-state index contributed by atoms with van der Waals surface area (Å²) < 4.78 is 5.39. The molecule has 1 aromatic carbocycles. The van der Waals surface area contributed by atoms with Crippen LogP contribution in [0.1, 0.15) is 35.0 Å². The van der Waals surface area contributed by atoms with Gasteiger partial charge in [-0.1, -0.05) is 18.2 Å². The number of ether oxygens (including phenoxy) is 1. The number of nitrogens with one attached hydrogen (secondary N) is 1. The average Bonchev–Trinajstić information content (AvgIpc) is 2.72. The molecule has 1 aromatic rings. The molecule has 0 bridgehead atoms. The first-order chi connectivity index (χ1) is 9.63. The predicted molar refractivity (Wildman–Crippen MR) is 68.5 cm³/mol. The molecule has 0 radical (unpaired) electrons. The summed E-state index contributed by atoms with van der Waals surface area (Å²) in [7, 11) is 1.50. The number of imide groups is 1. The highest BCUT2D eigenvalue weighted by Crippen LogP contribution is 2.36. The Hall–Kier alpha value is -2.21. The molecule has 2 heterocycles. The molecule has 2 atom stereocenters. The molecule has 6 nitrogen and oxygen atoms in total. The quantitative estimate of drug-likeness (QED) is 0.801. The van der Waals surface area contributed by atoms with Gasteiger partial charge >= 0.3 is 0 Å². The standard InChI is InChI=1S/C14H14N2O4/c1-20-14-9-5-3-2-4-8(9)13(19)16(14)10-6-7-11(17)15-12(10)18/h2-5,10,14H,6-7H2,1H3,(H,15,17,18). The maximum Gasteiger partial charge on any atom is 0.257 e. The fraction of sp³-hybridized carbons (Fsp3) is 0.357. The second-order valence-corrected chi connectivity index (χ2v) is 4.85. The molecule has 0 aliphatic carbocycles. The van der Waals surface area contributed by atoms with Crippen LogP contribution >= 0.6 is 0 Å². The summed E-state index contributed by atoms with van der Waals surface area (Å²) in [6.07, 6.45) is -0.0281. The van der Waals surface area contributed by atoms with Gasteiger partial charge in [0.2, 0.25) is 11.8 Å². The van der Waals surface area contributed by atoms with Crippen molar-refractivity contribution in [2.45, 2.75) is 25.1 Å². The van der Waals surface area contributed by atoms with Crippen LogP contribution < -0.4 is 5.32 Å². The Kier molecular flexibility index (Phi) is 3.02. The molecule has 3 rings (SSSR count). The van der Waals surface area contributed by atoms with E-state index in [4.69, 9.17) is 4.74 Å². The lowest BCUT2D eigenvalue weighted by Gasteiger charge is -2.33. The normalized spacial score (nSPS) is 25.6. The van der Waals surface area contributed by atoms with Gasteiger partial charge in [0.25, 0.3) is 5.91 Å². The van der Waals surface area contributed by atoms with Crippen molar-refractivity contribution in [3.63, 3.8) is 0 Å². The Morgan fingerprint density at radius 2 is 2.00 bits per heavy atom. The number of hydrogen-bond donors (Lipinski definition) is 1. The van der Waals surface area contributed by atoms with Gasteiger partial charge in [-0.2, -0.15) is 0 Å². The topological polar surface area (TPSA) is 75.7 Å². The summed E-state index contributed by atoms with van der Waals surface area (Å²) in [5.41, 5.74) is 1.30. The molecule has 3 amide bonds. The van der Waals surface area contributed by atoms with Gasteiger partial charge in [0.05, 0.1) is 0 Å². The molecule has 1 N–H and O–H groups in total. The van der Waals surface area contributed by atoms with E-state index in [9.17, 15) is 14.4 Å². The van der Waals surface area contributed by atoms with Crippen molar-refractivity contribution in [3.05, 3.63) is 35.4 Å². The Morgan fingerprint density at radius 3 is 2.70 bits per heavy atom. The molecule has 1 saturated heterocycles. The molecule has 0 aromatic heterocycles. The average molecular weight is 274 g/mol. The summed E-state index contributed by atoms with van der Waals surface area (Å²) in [6.45, 7) is 0. The Balaban J connectivity index is 1.97. The summed E-state index contributed by atoms with van der Waals surface area (Å²) >= 11 is 0. The van der Waals surface area contributed by atoms with Crippen LogP contribution in [0.25, 0.3) is 0 Å². The number of carbonyl (C=O) groups is 3. The molecule has 104 valence electrons. The van der Waals surface area contributed by atoms with E-state index in [1.54, 1.807) is 12.1 Å². The number of amides is 3. The van der Waals surface area contributed by atoms with Crippen molar-refractivity contribution in [1.29, 1.82) is 0 Å². The Labute approximate surface area is 115 Å². The van der Waals surface area contributed by atoms with Crippen molar-refractivity contribution >= 4 is 17.7 Å². The van der Waals surface area contributed by atoms with Gasteiger partial charge in [-0.25, -0.2) is 0 Å². The van der Waals surface area contributed by atoms with Crippen molar-refractivity contribution < 1.29 is 19.1 Å². The van der Waals surface area contributed by atoms with Crippen LogP contribution in [0.3, 0.4) is 0 Å². The van der Waals surface area contributed by atoms with Crippen LogP contribution in [0.4, 0.5) is 0 Å². The fourth-order valence-corrected chi connectivity index (χ4v) is 2.80. The Bertz CT molecular complexity index is 599. The molecule has 2 aliphatic rings. The minimum absolute atomic E-state index is 0.229. The van der Waals surface area contributed by atoms with E-state index in [-0.39, 0.29) is 18.2 Å². The van der Waals surface area contributed by atoms with E-state index >= 15 is 0 Å². The van der Waals surface area contributed by atoms with Gasteiger partial charge in [0.1, 0.15) is 6.04 Å². The van der Waals surface area contributed by atoms with Crippen LogP contribution in [-0.2, 0) is 14.3 Å². The summed E-state index contributed by atoms with van der Waals surface area (Å²) in [6, 6.07) is 6.46. The molecular formula is C14H14N2O4. The van der Waals surface area contributed by atoms with Crippen LogP contribution in [0, 0.1) is 0 Å². The van der Waals surface area contributed by atoms with E-state index in [1.165, 1.54) is 12.0 Å². The van der Waals surface area contributed by atoms with Gasteiger partial charge in [-0.3, -0.25) is 24.6 Å². The highest BCUT2D eigenvalue weighted by Gasteiger charge is 2.44. The molecule has 0 saturated carbocycles. The van der Waals surface area contributed by atoms with Crippen molar-refractivity contribution in [2.24, 2.45) is 0 Å². The molecule has 20 heavy (non-hydrogen) atoms. The number of nitrogens with zero attached hydrogens (tertiary/aromatic N) is 1. The monoisotopic (exact) mass is 274 g/mol. The van der Waals surface area contributed by atoms with E-state index in [0.717, 1.165) is 5.56 Å². The van der Waals surface area contributed by atoms with Crippen LogP contribution in [-0.4, -0.2) is 35.8 Å². The highest BCUT2D eigenvalue weighted by atomic mass is 16.5. The largest absolute Gasteiger partial charge is 0.357 e. The minimum Gasteiger partial charge on any atom is -0.357 e. The minimum atomic E-state index is -0.669. The third-order valence-electron chi connectivity index (χ3n) is 3.71. The molecule has 1 fully saturated rings. The predicted octanol–water partition coefficient (Wildman–Crippen LogP) is 0.593. The lowest BCUT2D eigenvalue weighted by atomic mass is 10.0. The van der Waals surface area contributed by atoms with Gasteiger partial charge in [-0.15, -0.1) is 0 Å².